The maximum absolute atomic E-state index is 5.45. The van der Waals surface area contributed by atoms with Crippen molar-refractivity contribution in [1.82, 2.24) is 19.9 Å². The fourth-order valence-corrected chi connectivity index (χ4v) is 3.89. The minimum Gasteiger partial charge on any atom is -0.497 e. The first-order chi connectivity index (χ1) is 14.8. The van der Waals surface area contributed by atoms with E-state index in [2.05, 4.69) is 39.1 Å². The van der Waals surface area contributed by atoms with Gasteiger partial charge in [-0.25, -0.2) is 9.97 Å². The Morgan fingerprint density at radius 2 is 1.84 bits per heavy atom. The van der Waals surface area contributed by atoms with Crippen LogP contribution in [0, 0.1) is 0 Å². The minimum absolute atomic E-state index is 0. The third-order valence-corrected chi connectivity index (χ3v) is 5.50. The summed E-state index contributed by atoms with van der Waals surface area (Å²) in [5.41, 5.74) is 6.14. The van der Waals surface area contributed by atoms with Crippen LogP contribution in [0.3, 0.4) is 0 Å². The number of benzene rings is 2. The third-order valence-electron chi connectivity index (χ3n) is 5.50. The molecule has 1 saturated heterocycles. The van der Waals surface area contributed by atoms with Gasteiger partial charge in [-0.1, -0.05) is 30.3 Å². The predicted molar refractivity (Wildman–Crippen MR) is 125 cm³/mol. The first-order valence-electron chi connectivity index (χ1n) is 10.2. The molecule has 0 saturated carbocycles. The number of hydrogen-bond acceptors (Lipinski definition) is 5. The first-order valence-corrected chi connectivity index (χ1v) is 10.2. The summed E-state index contributed by atoms with van der Waals surface area (Å²) in [6, 6.07) is 18.6. The maximum atomic E-state index is 5.45. The van der Waals surface area contributed by atoms with E-state index in [9.17, 15) is 0 Å². The van der Waals surface area contributed by atoms with E-state index < -0.39 is 0 Å². The fourth-order valence-electron chi connectivity index (χ4n) is 3.89. The van der Waals surface area contributed by atoms with E-state index in [1.165, 1.54) is 5.56 Å². The first kappa shape index (κ1) is 21.3. The number of pyridine rings is 1. The van der Waals surface area contributed by atoms with Gasteiger partial charge in [0.25, 0.3) is 0 Å². The van der Waals surface area contributed by atoms with Crippen molar-refractivity contribution in [1.29, 1.82) is 0 Å². The second-order valence-corrected chi connectivity index (χ2v) is 7.46. The molecule has 5 rings (SSSR count). The van der Waals surface area contributed by atoms with Gasteiger partial charge >= 0.3 is 0 Å². The average molecular weight is 437 g/mol. The van der Waals surface area contributed by atoms with Gasteiger partial charge in [0.1, 0.15) is 17.1 Å². The number of imidazole rings is 1. The zero-order chi connectivity index (χ0) is 20.3. The molecule has 2 aromatic heterocycles. The molecular weight excluding hydrogens is 412 g/mol. The Balaban J connectivity index is 0.00000231. The highest BCUT2D eigenvalue weighted by Crippen LogP contribution is 2.30. The van der Waals surface area contributed by atoms with Crippen LogP contribution >= 0.6 is 12.4 Å². The van der Waals surface area contributed by atoms with Gasteiger partial charge in [-0.2, -0.15) is 0 Å². The SMILES string of the molecule is COc1ccc(-c2ccnc3[nH]c(-c4cccc(CN5CCOCC5)c4)nc23)cc1.Cl. The zero-order valence-corrected chi connectivity index (χ0v) is 18.2. The van der Waals surface area contributed by atoms with Crippen LogP contribution < -0.4 is 4.74 Å². The van der Waals surface area contributed by atoms with Gasteiger partial charge in [0, 0.05) is 37.0 Å². The highest BCUT2D eigenvalue weighted by molar-refractivity contribution is 5.91. The van der Waals surface area contributed by atoms with Crippen molar-refractivity contribution in [3.63, 3.8) is 0 Å². The Morgan fingerprint density at radius 3 is 2.61 bits per heavy atom. The molecule has 3 heterocycles. The molecule has 0 amide bonds. The van der Waals surface area contributed by atoms with Gasteiger partial charge < -0.3 is 14.5 Å². The largest absolute Gasteiger partial charge is 0.497 e. The van der Waals surface area contributed by atoms with Crippen molar-refractivity contribution in [2.24, 2.45) is 0 Å². The lowest BCUT2D eigenvalue weighted by Crippen LogP contribution is -2.35. The average Bonchev–Trinajstić information content (AvgIpc) is 3.25. The van der Waals surface area contributed by atoms with E-state index in [0.717, 1.165) is 72.3 Å². The van der Waals surface area contributed by atoms with E-state index in [1.807, 2.05) is 36.5 Å². The lowest BCUT2D eigenvalue weighted by atomic mass is 10.1. The van der Waals surface area contributed by atoms with Crippen LogP contribution in [-0.2, 0) is 11.3 Å². The van der Waals surface area contributed by atoms with Crippen molar-refractivity contribution in [3.8, 4) is 28.3 Å². The highest BCUT2D eigenvalue weighted by Gasteiger charge is 2.14. The Morgan fingerprint density at radius 1 is 1.03 bits per heavy atom. The second kappa shape index (κ2) is 9.47. The molecule has 7 heteroatoms. The molecule has 0 radical (unpaired) electrons. The smallest absolute Gasteiger partial charge is 0.158 e. The third kappa shape index (κ3) is 4.56. The highest BCUT2D eigenvalue weighted by atomic mass is 35.5. The number of morpholine rings is 1. The monoisotopic (exact) mass is 436 g/mol. The summed E-state index contributed by atoms with van der Waals surface area (Å²) in [4.78, 5) is 15.2. The molecule has 1 N–H and O–H groups in total. The van der Waals surface area contributed by atoms with E-state index in [4.69, 9.17) is 14.5 Å². The fraction of sp³-hybridized carbons (Fsp3) is 0.250. The summed E-state index contributed by atoms with van der Waals surface area (Å²) in [7, 11) is 1.67. The number of hydrogen-bond donors (Lipinski definition) is 1. The Bertz CT molecular complexity index is 1150. The number of aromatic amines is 1. The molecule has 0 spiro atoms. The Hall–Kier alpha value is -2.93. The van der Waals surface area contributed by atoms with Gasteiger partial charge in [0.05, 0.1) is 20.3 Å². The maximum Gasteiger partial charge on any atom is 0.158 e. The van der Waals surface area contributed by atoms with E-state index in [0.29, 0.717) is 0 Å². The number of halogens is 1. The lowest BCUT2D eigenvalue weighted by Gasteiger charge is -2.26. The van der Waals surface area contributed by atoms with Crippen LogP contribution in [0.25, 0.3) is 33.7 Å². The number of nitrogens with zero attached hydrogens (tertiary/aromatic N) is 3. The predicted octanol–water partition coefficient (Wildman–Crippen LogP) is 4.55. The van der Waals surface area contributed by atoms with Gasteiger partial charge in [-0.05, 0) is 35.4 Å². The van der Waals surface area contributed by atoms with Crippen LogP contribution in [0.15, 0.2) is 60.8 Å². The minimum atomic E-state index is 0. The van der Waals surface area contributed by atoms with Crippen LogP contribution in [0.4, 0.5) is 0 Å². The molecule has 1 aliphatic rings. The van der Waals surface area contributed by atoms with E-state index in [-0.39, 0.29) is 12.4 Å². The topological polar surface area (TPSA) is 63.3 Å². The van der Waals surface area contributed by atoms with Crippen molar-refractivity contribution in [2.45, 2.75) is 6.54 Å². The summed E-state index contributed by atoms with van der Waals surface area (Å²) in [6.45, 7) is 4.49. The molecule has 0 atom stereocenters. The molecular formula is C24H25ClN4O2. The Labute approximate surface area is 187 Å². The zero-order valence-electron chi connectivity index (χ0n) is 17.4. The van der Waals surface area contributed by atoms with Gasteiger partial charge in [-0.3, -0.25) is 4.90 Å². The van der Waals surface area contributed by atoms with Crippen molar-refractivity contribution < 1.29 is 9.47 Å². The molecule has 4 aromatic rings. The molecule has 31 heavy (non-hydrogen) atoms. The lowest BCUT2D eigenvalue weighted by molar-refractivity contribution is 0.0342. The molecule has 1 aliphatic heterocycles. The second-order valence-electron chi connectivity index (χ2n) is 7.46. The number of aromatic nitrogens is 3. The molecule has 2 aromatic carbocycles. The summed E-state index contributed by atoms with van der Waals surface area (Å²) in [6.07, 6.45) is 1.82. The van der Waals surface area contributed by atoms with E-state index in [1.54, 1.807) is 7.11 Å². The van der Waals surface area contributed by atoms with Crippen LogP contribution in [0.5, 0.6) is 5.75 Å². The van der Waals surface area contributed by atoms with Crippen molar-refractivity contribution >= 4 is 23.6 Å². The quantitative estimate of drug-likeness (QED) is 0.497. The molecule has 6 nitrogen and oxygen atoms in total. The Kier molecular flexibility index (Phi) is 6.51. The summed E-state index contributed by atoms with van der Waals surface area (Å²) < 4.78 is 10.7. The number of rotatable bonds is 5. The van der Waals surface area contributed by atoms with Crippen LogP contribution in [0.1, 0.15) is 5.56 Å². The van der Waals surface area contributed by atoms with Crippen LogP contribution in [0.2, 0.25) is 0 Å². The summed E-state index contributed by atoms with van der Waals surface area (Å²) in [5, 5.41) is 0. The molecule has 160 valence electrons. The number of nitrogens with one attached hydrogen (secondary N) is 1. The standard InChI is InChI=1S/C24H24N4O2.ClH/c1-29-20-7-5-18(6-8-20)21-9-10-25-24-22(21)26-23(27-24)19-4-2-3-17(15-19)16-28-11-13-30-14-12-28;/h2-10,15H,11-14,16H2,1H3,(H,25,26,27);1H. The molecule has 0 bridgehead atoms. The van der Waals surface area contributed by atoms with Crippen molar-refractivity contribution in [2.75, 3.05) is 33.4 Å². The summed E-state index contributed by atoms with van der Waals surface area (Å²) >= 11 is 0. The van der Waals surface area contributed by atoms with Gasteiger partial charge in [0.2, 0.25) is 0 Å². The number of fused-ring (bicyclic) bond motifs is 1. The van der Waals surface area contributed by atoms with Crippen LogP contribution in [-0.4, -0.2) is 53.3 Å². The number of methoxy groups -OCH3 is 1. The van der Waals surface area contributed by atoms with Crippen molar-refractivity contribution in [3.05, 3.63) is 66.4 Å². The van der Waals surface area contributed by atoms with Gasteiger partial charge in [0.15, 0.2) is 5.65 Å². The van der Waals surface area contributed by atoms with Gasteiger partial charge in [-0.15, -0.1) is 12.4 Å². The number of H-pyrrole nitrogens is 1. The number of ether oxygens (including phenoxy) is 2. The summed E-state index contributed by atoms with van der Waals surface area (Å²) in [5.74, 6) is 1.67. The molecule has 0 unspecified atom stereocenters. The molecule has 1 fully saturated rings. The normalized spacial score (nSPS) is 14.4. The molecule has 0 aliphatic carbocycles. The van der Waals surface area contributed by atoms with E-state index >= 15 is 0 Å².